The molecule has 1 amide bonds. The summed E-state index contributed by atoms with van der Waals surface area (Å²) in [6, 6.07) is 0.0594. The van der Waals surface area contributed by atoms with E-state index < -0.39 is 11.6 Å². The molecule has 1 fully saturated rings. The van der Waals surface area contributed by atoms with Crippen molar-refractivity contribution in [1.82, 2.24) is 9.80 Å². The average molecular weight is 258 g/mol. The molecular formula is C12H22N2O4. The summed E-state index contributed by atoms with van der Waals surface area (Å²) in [6.07, 6.45) is 0.575. The standard InChI is InChI=1S/C12H22N2O4/c1-12(2,3)18-11(17)14-6-5-9(14)7-13(4)8-10(15)16/h9H,5-8H2,1-4H3,(H,15,16). The lowest BCUT2D eigenvalue weighted by atomic mass is 10.0. The van der Waals surface area contributed by atoms with Gasteiger partial charge in [-0.1, -0.05) is 0 Å². The van der Waals surface area contributed by atoms with Crippen LogP contribution < -0.4 is 0 Å². The normalized spacial score (nSPS) is 19.6. The van der Waals surface area contributed by atoms with E-state index in [0.717, 1.165) is 6.42 Å². The first-order chi connectivity index (χ1) is 8.19. The number of aliphatic carboxylic acids is 1. The van der Waals surface area contributed by atoms with Crippen molar-refractivity contribution in [1.29, 1.82) is 0 Å². The lowest BCUT2D eigenvalue weighted by Gasteiger charge is -2.42. The Kier molecular flexibility index (Phi) is 4.56. The first kappa shape index (κ1) is 14.8. The Morgan fingerprint density at radius 2 is 2.06 bits per heavy atom. The zero-order valence-corrected chi connectivity index (χ0v) is 11.5. The van der Waals surface area contributed by atoms with Crippen LogP contribution in [0.25, 0.3) is 0 Å². The van der Waals surface area contributed by atoms with Gasteiger partial charge in [-0.25, -0.2) is 4.79 Å². The number of carboxylic acid groups (broad SMARTS) is 1. The molecule has 0 saturated carbocycles. The largest absolute Gasteiger partial charge is 0.480 e. The molecule has 104 valence electrons. The van der Waals surface area contributed by atoms with Crippen LogP contribution in [0.1, 0.15) is 27.2 Å². The molecule has 0 aliphatic carbocycles. The van der Waals surface area contributed by atoms with E-state index in [1.54, 1.807) is 16.8 Å². The second kappa shape index (κ2) is 5.56. The fraction of sp³-hybridized carbons (Fsp3) is 0.833. The Morgan fingerprint density at radius 1 is 1.44 bits per heavy atom. The number of carbonyl (C=O) groups is 2. The number of amides is 1. The van der Waals surface area contributed by atoms with E-state index in [1.807, 2.05) is 20.8 Å². The van der Waals surface area contributed by atoms with Crippen LogP contribution >= 0.6 is 0 Å². The minimum Gasteiger partial charge on any atom is -0.480 e. The van der Waals surface area contributed by atoms with Crippen molar-refractivity contribution in [3.05, 3.63) is 0 Å². The SMILES string of the molecule is CN(CC(=O)O)CC1CCN1C(=O)OC(C)(C)C. The molecule has 1 saturated heterocycles. The van der Waals surface area contributed by atoms with E-state index in [4.69, 9.17) is 9.84 Å². The molecule has 6 nitrogen and oxygen atoms in total. The van der Waals surface area contributed by atoms with E-state index >= 15 is 0 Å². The molecule has 1 heterocycles. The van der Waals surface area contributed by atoms with Crippen LogP contribution in [0.15, 0.2) is 0 Å². The van der Waals surface area contributed by atoms with Crippen LogP contribution in [-0.2, 0) is 9.53 Å². The summed E-state index contributed by atoms with van der Waals surface area (Å²) < 4.78 is 5.29. The van der Waals surface area contributed by atoms with E-state index in [1.165, 1.54) is 0 Å². The quantitative estimate of drug-likeness (QED) is 0.815. The van der Waals surface area contributed by atoms with Crippen LogP contribution in [-0.4, -0.2) is 65.3 Å². The van der Waals surface area contributed by atoms with Gasteiger partial charge in [-0.05, 0) is 34.2 Å². The molecule has 1 atom stereocenters. The summed E-state index contributed by atoms with van der Waals surface area (Å²) in [7, 11) is 1.74. The molecule has 0 aromatic rings. The summed E-state index contributed by atoms with van der Waals surface area (Å²) in [5.41, 5.74) is -0.496. The van der Waals surface area contributed by atoms with E-state index in [-0.39, 0.29) is 18.7 Å². The Balaban J connectivity index is 2.41. The van der Waals surface area contributed by atoms with Gasteiger partial charge in [-0.3, -0.25) is 9.69 Å². The van der Waals surface area contributed by atoms with Crippen molar-refractivity contribution in [2.24, 2.45) is 0 Å². The maximum Gasteiger partial charge on any atom is 0.410 e. The smallest absolute Gasteiger partial charge is 0.410 e. The van der Waals surface area contributed by atoms with Gasteiger partial charge in [0.25, 0.3) is 0 Å². The molecule has 6 heteroatoms. The van der Waals surface area contributed by atoms with Gasteiger partial charge in [0.05, 0.1) is 6.54 Å². The van der Waals surface area contributed by atoms with Crippen molar-refractivity contribution in [3.63, 3.8) is 0 Å². The zero-order chi connectivity index (χ0) is 13.9. The van der Waals surface area contributed by atoms with Crippen molar-refractivity contribution in [2.45, 2.75) is 38.8 Å². The Labute approximate surface area is 107 Å². The molecule has 1 rings (SSSR count). The van der Waals surface area contributed by atoms with Gasteiger partial charge in [-0.15, -0.1) is 0 Å². The molecule has 1 aliphatic heterocycles. The Morgan fingerprint density at radius 3 is 2.44 bits per heavy atom. The van der Waals surface area contributed by atoms with Crippen molar-refractivity contribution >= 4 is 12.1 Å². The lowest BCUT2D eigenvalue weighted by molar-refractivity contribution is -0.138. The predicted octanol–water partition coefficient (Wildman–Crippen LogP) is 1.01. The number of rotatable bonds is 4. The summed E-state index contributed by atoms with van der Waals surface area (Å²) >= 11 is 0. The van der Waals surface area contributed by atoms with Crippen LogP contribution in [0.3, 0.4) is 0 Å². The molecule has 1 aliphatic rings. The van der Waals surface area contributed by atoms with E-state index in [0.29, 0.717) is 13.1 Å². The number of likely N-dealkylation sites (N-methyl/N-ethyl adjacent to an activating group) is 1. The van der Waals surface area contributed by atoms with Crippen molar-refractivity contribution in [3.8, 4) is 0 Å². The first-order valence-corrected chi connectivity index (χ1v) is 6.09. The summed E-state index contributed by atoms with van der Waals surface area (Å²) in [5.74, 6) is -0.861. The predicted molar refractivity (Wildman–Crippen MR) is 66.5 cm³/mol. The fourth-order valence-corrected chi connectivity index (χ4v) is 1.85. The summed E-state index contributed by atoms with van der Waals surface area (Å²) in [4.78, 5) is 25.7. The number of nitrogens with zero attached hydrogens (tertiary/aromatic N) is 2. The summed E-state index contributed by atoms with van der Waals surface area (Å²) in [6.45, 7) is 6.72. The van der Waals surface area contributed by atoms with Gasteiger partial charge < -0.3 is 14.7 Å². The van der Waals surface area contributed by atoms with Crippen LogP contribution in [0.5, 0.6) is 0 Å². The fourth-order valence-electron chi connectivity index (χ4n) is 1.85. The van der Waals surface area contributed by atoms with Gasteiger partial charge >= 0.3 is 12.1 Å². The maximum atomic E-state index is 11.8. The Hall–Kier alpha value is -1.30. The van der Waals surface area contributed by atoms with Gasteiger partial charge in [0, 0.05) is 19.1 Å². The Bertz CT molecular complexity index is 325. The number of likely N-dealkylation sites (tertiary alicyclic amines) is 1. The second-order valence-corrected chi connectivity index (χ2v) is 5.71. The van der Waals surface area contributed by atoms with Crippen molar-refractivity contribution in [2.75, 3.05) is 26.7 Å². The van der Waals surface area contributed by atoms with Crippen LogP contribution in [0, 0.1) is 0 Å². The van der Waals surface area contributed by atoms with Crippen LogP contribution in [0.4, 0.5) is 4.79 Å². The third-order valence-electron chi connectivity index (χ3n) is 2.70. The van der Waals surface area contributed by atoms with E-state index in [2.05, 4.69) is 0 Å². The molecule has 1 unspecified atom stereocenters. The molecule has 0 aromatic heterocycles. The molecule has 0 spiro atoms. The molecule has 1 N–H and O–H groups in total. The molecule has 0 aromatic carbocycles. The second-order valence-electron chi connectivity index (χ2n) is 5.71. The molecule has 0 bridgehead atoms. The zero-order valence-electron chi connectivity index (χ0n) is 11.5. The topological polar surface area (TPSA) is 70.1 Å². The number of hydrogen-bond acceptors (Lipinski definition) is 4. The van der Waals surface area contributed by atoms with Crippen molar-refractivity contribution < 1.29 is 19.4 Å². The van der Waals surface area contributed by atoms with Crippen LogP contribution in [0.2, 0.25) is 0 Å². The highest BCUT2D eigenvalue weighted by atomic mass is 16.6. The van der Waals surface area contributed by atoms with E-state index in [9.17, 15) is 9.59 Å². The number of hydrogen-bond donors (Lipinski definition) is 1. The highest BCUT2D eigenvalue weighted by Crippen LogP contribution is 2.21. The number of carbonyl (C=O) groups excluding carboxylic acids is 1. The molecular weight excluding hydrogens is 236 g/mol. The van der Waals surface area contributed by atoms with Gasteiger partial charge in [0.15, 0.2) is 0 Å². The average Bonchev–Trinajstić information content (AvgIpc) is 2.07. The highest BCUT2D eigenvalue weighted by Gasteiger charge is 2.35. The first-order valence-electron chi connectivity index (χ1n) is 6.09. The minimum atomic E-state index is -0.861. The number of carboxylic acids is 1. The third kappa shape index (κ3) is 4.52. The number of ether oxygens (including phenoxy) is 1. The molecule has 0 radical (unpaired) electrons. The van der Waals surface area contributed by atoms with Gasteiger partial charge in [0.2, 0.25) is 0 Å². The van der Waals surface area contributed by atoms with Gasteiger partial charge in [-0.2, -0.15) is 0 Å². The highest BCUT2D eigenvalue weighted by molar-refractivity contribution is 5.70. The minimum absolute atomic E-state index is 0.0152. The maximum absolute atomic E-state index is 11.8. The lowest BCUT2D eigenvalue weighted by Crippen LogP contribution is -2.56. The van der Waals surface area contributed by atoms with Gasteiger partial charge in [0.1, 0.15) is 5.60 Å². The molecule has 18 heavy (non-hydrogen) atoms. The monoisotopic (exact) mass is 258 g/mol. The summed E-state index contributed by atoms with van der Waals surface area (Å²) in [5, 5.41) is 8.67. The third-order valence-corrected chi connectivity index (χ3v) is 2.70.